The highest BCUT2D eigenvalue weighted by atomic mass is 32.2. The lowest BCUT2D eigenvalue weighted by Gasteiger charge is -1.96. The summed E-state index contributed by atoms with van der Waals surface area (Å²) in [5, 5.41) is 0. The molecule has 0 aliphatic heterocycles. The number of hydrogen-bond acceptors (Lipinski definition) is 3. The Morgan fingerprint density at radius 3 is 2.91 bits per heavy atom. The van der Waals surface area contributed by atoms with Gasteiger partial charge in [-0.2, -0.15) is 0 Å². The summed E-state index contributed by atoms with van der Waals surface area (Å²) in [4.78, 5) is 3.77. The first-order valence-electron chi connectivity index (χ1n) is 2.95. The summed E-state index contributed by atoms with van der Waals surface area (Å²) in [6, 6.07) is 1.63. The number of hydrogen-bond donors (Lipinski definition) is 2. The van der Waals surface area contributed by atoms with Gasteiger partial charge in [-0.15, -0.1) is 0 Å². The second-order valence-electron chi connectivity index (χ2n) is 2.09. The van der Waals surface area contributed by atoms with Gasteiger partial charge in [0, 0.05) is 12.4 Å². The molecule has 5 heteroatoms. The summed E-state index contributed by atoms with van der Waals surface area (Å²) in [7, 11) is 0. The molecule has 1 aromatic heterocycles. The van der Waals surface area contributed by atoms with E-state index in [1.807, 2.05) is 0 Å². The van der Waals surface area contributed by atoms with Crippen LogP contribution in [0.2, 0.25) is 0 Å². The Bertz CT molecular complexity index is 277. The van der Waals surface area contributed by atoms with Crippen molar-refractivity contribution in [2.75, 3.05) is 5.73 Å². The third-order valence-electron chi connectivity index (χ3n) is 1.11. The van der Waals surface area contributed by atoms with E-state index in [1.54, 1.807) is 6.07 Å². The lowest BCUT2D eigenvalue weighted by molar-refractivity contribution is 0.563. The van der Waals surface area contributed by atoms with Crippen LogP contribution in [0.1, 0.15) is 5.56 Å². The SMILES string of the molecule is Nc1cncc(CS(=O)O)c1. The van der Waals surface area contributed by atoms with Gasteiger partial charge in [-0.25, -0.2) is 4.21 Å². The van der Waals surface area contributed by atoms with Crippen molar-refractivity contribution in [3.63, 3.8) is 0 Å². The molecule has 0 amide bonds. The van der Waals surface area contributed by atoms with Gasteiger partial charge in [0.15, 0.2) is 11.1 Å². The number of anilines is 1. The monoisotopic (exact) mass is 172 g/mol. The third-order valence-corrected chi connectivity index (χ3v) is 1.69. The maximum absolute atomic E-state index is 10.3. The molecule has 3 N–H and O–H groups in total. The van der Waals surface area contributed by atoms with E-state index < -0.39 is 11.1 Å². The molecule has 0 saturated carbocycles. The second-order valence-corrected chi connectivity index (χ2v) is 3.02. The normalized spacial score (nSPS) is 12.8. The maximum atomic E-state index is 10.3. The Kier molecular flexibility index (Phi) is 2.56. The van der Waals surface area contributed by atoms with Gasteiger partial charge in [0.1, 0.15) is 0 Å². The van der Waals surface area contributed by atoms with Gasteiger partial charge < -0.3 is 10.3 Å². The van der Waals surface area contributed by atoms with Gasteiger partial charge in [0.05, 0.1) is 11.4 Å². The lowest BCUT2D eigenvalue weighted by atomic mass is 10.3. The van der Waals surface area contributed by atoms with Crippen molar-refractivity contribution in [1.29, 1.82) is 0 Å². The van der Waals surface area contributed by atoms with Gasteiger partial charge in [0.25, 0.3) is 0 Å². The number of pyridine rings is 1. The minimum Gasteiger partial charge on any atom is -0.397 e. The van der Waals surface area contributed by atoms with Crippen LogP contribution in [0.25, 0.3) is 0 Å². The van der Waals surface area contributed by atoms with Crippen LogP contribution in [0.15, 0.2) is 18.5 Å². The molecular formula is C6H8N2O2S. The molecule has 0 aromatic carbocycles. The third kappa shape index (κ3) is 2.65. The van der Waals surface area contributed by atoms with E-state index in [4.69, 9.17) is 10.3 Å². The predicted molar refractivity (Wildman–Crippen MR) is 43.1 cm³/mol. The lowest BCUT2D eigenvalue weighted by Crippen LogP contribution is -1.95. The Morgan fingerprint density at radius 1 is 1.64 bits per heavy atom. The van der Waals surface area contributed by atoms with E-state index in [0.29, 0.717) is 11.3 Å². The number of nitrogen functional groups attached to an aromatic ring is 1. The van der Waals surface area contributed by atoms with Crippen molar-refractivity contribution in [3.8, 4) is 0 Å². The van der Waals surface area contributed by atoms with Crippen LogP contribution in [-0.4, -0.2) is 13.7 Å². The number of rotatable bonds is 2. The van der Waals surface area contributed by atoms with E-state index in [2.05, 4.69) is 4.98 Å². The molecule has 1 rings (SSSR count). The number of nitrogens with two attached hydrogens (primary N) is 1. The molecule has 0 bridgehead atoms. The van der Waals surface area contributed by atoms with Crippen molar-refractivity contribution < 1.29 is 8.76 Å². The van der Waals surface area contributed by atoms with Crippen molar-refractivity contribution in [2.45, 2.75) is 5.75 Å². The number of nitrogens with zero attached hydrogens (tertiary/aromatic N) is 1. The van der Waals surface area contributed by atoms with E-state index >= 15 is 0 Å². The standard InChI is InChI=1S/C6H8N2O2S/c7-6-1-5(2-8-3-6)4-11(9)10/h1-3H,4,7H2,(H,9,10). The van der Waals surface area contributed by atoms with Crippen molar-refractivity contribution >= 4 is 16.8 Å². The summed E-state index contributed by atoms with van der Waals surface area (Å²) in [6.07, 6.45) is 3.01. The van der Waals surface area contributed by atoms with Crippen LogP contribution in [0, 0.1) is 0 Å². The van der Waals surface area contributed by atoms with Crippen LogP contribution in [0.5, 0.6) is 0 Å². The highest BCUT2D eigenvalue weighted by molar-refractivity contribution is 7.78. The molecule has 0 radical (unpaired) electrons. The molecule has 0 aliphatic carbocycles. The molecule has 1 atom stereocenters. The van der Waals surface area contributed by atoms with Gasteiger partial charge in [-0.1, -0.05) is 0 Å². The first-order chi connectivity index (χ1) is 5.18. The smallest absolute Gasteiger partial charge is 0.157 e. The maximum Gasteiger partial charge on any atom is 0.157 e. The topological polar surface area (TPSA) is 76.2 Å². The Hall–Kier alpha value is -0.940. The summed E-state index contributed by atoms with van der Waals surface area (Å²) in [5.74, 6) is 0.0814. The molecule has 1 aromatic rings. The minimum absolute atomic E-state index is 0.0814. The second kappa shape index (κ2) is 3.45. The van der Waals surface area contributed by atoms with Crippen molar-refractivity contribution in [1.82, 2.24) is 4.98 Å². The summed E-state index contributed by atoms with van der Waals surface area (Å²) >= 11 is -1.82. The predicted octanol–water partition coefficient (Wildman–Crippen LogP) is 0.386. The molecule has 60 valence electrons. The molecule has 0 fully saturated rings. The molecular weight excluding hydrogens is 164 g/mol. The highest BCUT2D eigenvalue weighted by Gasteiger charge is 1.97. The average molecular weight is 172 g/mol. The van der Waals surface area contributed by atoms with Crippen LogP contribution in [-0.2, 0) is 16.8 Å². The van der Waals surface area contributed by atoms with E-state index in [1.165, 1.54) is 12.4 Å². The Balaban J connectivity index is 2.79. The Labute approximate surface area is 66.7 Å². The average Bonchev–Trinajstić information content (AvgIpc) is 1.85. The zero-order valence-electron chi connectivity index (χ0n) is 5.73. The molecule has 0 aliphatic rings. The fraction of sp³-hybridized carbons (Fsp3) is 0.167. The summed E-state index contributed by atoms with van der Waals surface area (Å²) in [6.45, 7) is 0. The van der Waals surface area contributed by atoms with Gasteiger partial charge >= 0.3 is 0 Å². The van der Waals surface area contributed by atoms with Crippen molar-refractivity contribution in [2.24, 2.45) is 0 Å². The fourth-order valence-corrected chi connectivity index (χ4v) is 1.17. The molecule has 0 spiro atoms. The summed E-state index contributed by atoms with van der Waals surface area (Å²) < 4.78 is 18.8. The van der Waals surface area contributed by atoms with Gasteiger partial charge in [0.2, 0.25) is 0 Å². The van der Waals surface area contributed by atoms with Gasteiger partial charge in [-0.05, 0) is 11.6 Å². The summed E-state index contributed by atoms with van der Waals surface area (Å²) in [5.41, 5.74) is 6.57. The number of aromatic nitrogens is 1. The fourth-order valence-electron chi connectivity index (χ4n) is 0.729. The van der Waals surface area contributed by atoms with Crippen LogP contribution < -0.4 is 5.73 Å². The van der Waals surface area contributed by atoms with Crippen LogP contribution >= 0.6 is 0 Å². The quantitative estimate of drug-likeness (QED) is 0.632. The zero-order valence-corrected chi connectivity index (χ0v) is 6.54. The minimum atomic E-state index is -1.82. The molecule has 4 nitrogen and oxygen atoms in total. The largest absolute Gasteiger partial charge is 0.397 e. The van der Waals surface area contributed by atoms with E-state index in [9.17, 15) is 4.21 Å². The van der Waals surface area contributed by atoms with Crippen LogP contribution in [0.3, 0.4) is 0 Å². The highest BCUT2D eigenvalue weighted by Crippen LogP contribution is 2.05. The first kappa shape index (κ1) is 8.16. The van der Waals surface area contributed by atoms with Gasteiger partial charge in [-0.3, -0.25) is 4.98 Å². The van der Waals surface area contributed by atoms with E-state index in [-0.39, 0.29) is 5.75 Å². The first-order valence-corrected chi connectivity index (χ1v) is 4.23. The van der Waals surface area contributed by atoms with E-state index in [0.717, 1.165) is 0 Å². The molecule has 0 saturated heterocycles. The van der Waals surface area contributed by atoms with Crippen molar-refractivity contribution in [3.05, 3.63) is 24.0 Å². The molecule has 1 heterocycles. The van der Waals surface area contributed by atoms with Crippen LogP contribution in [0.4, 0.5) is 5.69 Å². The molecule has 1 unspecified atom stereocenters. The Morgan fingerprint density at radius 2 is 2.36 bits per heavy atom. The molecule has 11 heavy (non-hydrogen) atoms. The zero-order chi connectivity index (χ0) is 8.27.